The number of aliphatic hydroxyl groups is 2. The lowest BCUT2D eigenvalue weighted by atomic mass is 9.61. The van der Waals surface area contributed by atoms with Gasteiger partial charge in [0.05, 0.1) is 50.3 Å². The minimum absolute atomic E-state index is 0.334. The second kappa shape index (κ2) is 15.7. The van der Waals surface area contributed by atoms with E-state index < -0.39 is 22.9 Å². The summed E-state index contributed by atoms with van der Waals surface area (Å²) in [5.41, 5.74) is 18.4. The number of nitrogens with one attached hydrogen (secondary N) is 2. The Morgan fingerprint density at radius 2 is 1.05 bits per heavy atom. The van der Waals surface area contributed by atoms with E-state index in [-0.39, 0.29) is 19.0 Å². The van der Waals surface area contributed by atoms with Crippen LogP contribution < -0.4 is 20.9 Å². The van der Waals surface area contributed by atoms with Crippen LogP contribution in [0.3, 0.4) is 0 Å². The first-order valence-electron chi connectivity index (χ1n) is 18.9. The first kappa shape index (κ1) is 38.3. The lowest BCUT2D eigenvalue weighted by molar-refractivity contribution is -0.124. The Labute approximate surface area is 335 Å². The summed E-state index contributed by atoms with van der Waals surface area (Å²) in [4.78, 5) is 32.8. The molecule has 0 bridgehead atoms. The molecule has 0 aliphatic carbocycles. The zero-order valence-corrected chi connectivity index (χ0v) is 32.1. The predicted octanol–water partition coefficient (Wildman–Crippen LogP) is 6.68. The molecule has 58 heavy (non-hydrogen) atoms. The van der Waals surface area contributed by atoms with Gasteiger partial charge in [0.15, 0.2) is 5.78 Å². The van der Waals surface area contributed by atoms with E-state index in [1.54, 1.807) is 61.2 Å². The molecular formula is C47H44N6O5. The maximum atomic E-state index is 17.0. The normalized spacial score (nSPS) is 14.7. The van der Waals surface area contributed by atoms with Gasteiger partial charge < -0.3 is 41.1 Å². The molecule has 0 radical (unpaired) electrons. The molecule has 0 aliphatic heterocycles. The Kier molecular flexibility index (Phi) is 10.4. The maximum Gasteiger partial charge on any atom is 0.153 e. The number of hydrogen-bond donors (Lipinski definition) is 6. The molecule has 0 spiro atoms. The fourth-order valence-corrected chi connectivity index (χ4v) is 8.80. The summed E-state index contributed by atoms with van der Waals surface area (Å²) in [6.45, 7) is -0.671. The van der Waals surface area contributed by atoms with Gasteiger partial charge in [0.1, 0.15) is 11.5 Å². The van der Waals surface area contributed by atoms with Gasteiger partial charge >= 0.3 is 0 Å². The SMILES string of the molecule is COc1c(CO)cccc1C(N)(c1cccnc1)C(C(=O)C(c1c[nH]c2ccccc12)C(N)(c1cccnc1)c1cccc(CO)c1OC)c1c[nH]c2ccccc12. The number of hydrogen-bond acceptors (Lipinski definition) is 9. The number of ketones is 1. The summed E-state index contributed by atoms with van der Waals surface area (Å²) in [7, 11) is 3.04. The van der Waals surface area contributed by atoms with Crippen LogP contribution in [0.1, 0.15) is 56.3 Å². The maximum absolute atomic E-state index is 17.0. The molecule has 0 aliphatic rings. The number of aliphatic hydroxyl groups excluding tert-OH is 2. The summed E-state index contributed by atoms with van der Waals surface area (Å²) in [6.07, 6.45) is 10.3. The van der Waals surface area contributed by atoms with E-state index in [2.05, 4.69) is 19.9 Å². The summed E-state index contributed by atoms with van der Waals surface area (Å²) in [6, 6.07) is 33.5. The van der Waals surface area contributed by atoms with Crippen molar-refractivity contribution in [1.82, 2.24) is 19.9 Å². The number of ether oxygens (including phenoxy) is 2. The summed E-state index contributed by atoms with van der Waals surface area (Å²) in [5, 5.41) is 22.7. The molecule has 8 N–H and O–H groups in total. The number of fused-ring (bicyclic) bond motifs is 2. The molecule has 0 saturated heterocycles. The van der Waals surface area contributed by atoms with Crippen LogP contribution in [0.5, 0.6) is 11.5 Å². The van der Waals surface area contributed by atoms with Crippen LogP contribution >= 0.6 is 0 Å². The first-order valence-corrected chi connectivity index (χ1v) is 18.9. The lowest BCUT2D eigenvalue weighted by Gasteiger charge is -2.44. The highest BCUT2D eigenvalue weighted by molar-refractivity contribution is 6.02. The van der Waals surface area contributed by atoms with E-state index in [1.807, 2.05) is 85.2 Å². The molecule has 8 rings (SSSR count). The average Bonchev–Trinajstić information content (AvgIpc) is 3.91. The smallest absolute Gasteiger partial charge is 0.153 e. The van der Waals surface area contributed by atoms with E-state index in [1.165, 1.54) is 14.2 Å². The zero-order chi connectivity index (χ0) is 40.4. The van der Waals surface area contributed by atoms with Gasteiger partial charge in [-0.15, -0.1) is 0 Å². The third-order valence-corrected chi connectivity index (χ3v) is 11.5. The molecule has 4 aromatic heterocycles. The van der Waals surface area contributed by atoms with Gasteiger partial charge in [-0.2, -0.15) is 0 Å². The van der Waals surface area contributed by atoms with E-state index >= 15 is 4.79 Å². The predicted molar refractivity (Wildman–Crippen MR) is 223 cm³/mol. The largest absolute Gasteiger partial charge is 0.496 e. The zero-order valence-electron chi connectivity index (χ0n) is 32.1. The van der Waals surface area contributed by atoms with Gasteiger partial charge in [-0.3, -0.25) is 14.8 Å². The molecule has 0 saturated carbocycles. The summed E-state index contributed by atoms with van der Waals surface area (Å²) >= 11 is 0. The van der Waals surface area contributed by atoms with E-state index in [0.717, 1.165) is 21.8 Å². The van der Waals surface area contributed by atoms with Crippen molar-refractivity contribution in [3.63, 3.8) is 0 Å². The number of aromatic nitrogens is 4. The molecule has 4 unspecified atom stereocenters. The van der Waals surface area contributed by atoms with Crippen LogP contribution in [0.25, 0.3) is 21.8 Å². The van der Waals surface area contributed by atoms with Gasteiger partial charge in [0.2, 0.25) is 0 Å². The second-order valence-corrected chi connectivity index (χ2v) is 14.4. The van der Waals surface area contributed by atoms with Crippen molar-refractivity contribution >= 4 is 27.6 Å². The molecule has 0 amide bonds. The topological polar surface area (TPSA) is 185 Å². The standard InChI is InChI=1S/C47H44N6O5/c1-57-44-29(27-54)11-7-17-37(44)46(48,31-13-9-21-50-23-31)41(35-25-52-39-19-5-3-15-33(35)39)43(56)42(36-26-53-40-20-6-4-16-34(36)40)47(49,32-14-10-22-51-24-32)38-18-8-12-30(28-55)45(38)58-2/h3-26,41-42,52-55H,27-28,48-49H2,1-2H3. The van der Waals surface area contributed by atoms with Crippen molar-refractivity contribution in [1.29, 1.82) is 0 Å². The van der Waals surface area contributed by atoms with Crippen LogP contribution in [0.2, 0.25) is 0 Å². The number of methoxy groups -OCH3 is 2. The van der Waals surface area contributed by atoms with Crippen molar-refractivity contribution in [3.8, 4) is 11.5 Å². The quantitative estimate of drug-likeness (QED) is 0.0702. The van der Waals surface area contributed by atoms with Crippen LogP contribution in [0.4, 0.5) is 0 Å². The molecule has 292 valence electrons. The molecule has 4 heterocycles. The highest BCUT2D eigenvalue weighted by Crippen LogP contribution is 2.54. The molecular weight excluding hydrogens is 729 g/mol. The highest BCUT2D eigenvalue weighted by Gasteiger charge is 2.54. The van der Waals surface area contributed by atoms with Crippen LogP contribution in [0.15, 0.2) is 146 Å². The van der Waals surface area contributed by atoms with Gasteiger partial charge in [0.25, 0.3) is 0 Å². The molecule has 4 aromatic carbocycles. The number of nitrogens with zero attached hydrogens (tertiary/aromatic N) is 2. The number of H-pyrrole nitrogens is 2. The van der Waals surface area contributed by atoms with Gasteiger partial charge in [-0.25, -0.2) is 0 Å². The van der Waals surface area contributed by atoms with Gasteiger partial charge in [0, 0.05) is 81.2 Å². The Balaban J connectivity index is 1.54. The van der Waals surface area contributed by atoms with Crippen molar-refractivity contribution in [2.45, 2.75) is 36.1 Å². The third-order valence-electron chi connectivity index (χ3n) is 11.5. The van der Waals surface area contributed by atoms with Crippen molar-refractivity contribution < 1.29 is 24.5 Å². The number of para-hydroxylation sites is 4. The van der Waals surface area contributed by atoms with Crippen molar-refractivity contribution in [2.75, 3.05) is 14.2 Å². The molecule has 11 nitrogen and oxygen atoms in total. The van der Waals surface area contributed by atoms with Gasteiger partial charge in [-0.1, -0.05) is 84.9 Å². The number of carbonyl (C=O) groups is 1. The van der Waals surface area contributed by atoms with E-state index in [0.29, 0.717) is 56.0 Å². The minimum Gasteiger partial charge on any atom is -0.496 e. The number of pyridine rings is 2. The molecule has 0 fully saturated rings. The Morgan fingerprint density at radius 3 is 1.43 bits per heavy atom. The lowest BCUT2D eigenvalue weighted by Crippen LogP contribution is -2.54. The fraction of sp³-hybridized carbons (Fsp3) is 0.170. The van der Waals surface area contributed by atoms with E-state index in [4.69, 9.17) is 20.9 Å². The average molecular weight is 773 g/mol. The fourth-order valence-electron chi connectivity index (χ4n) is 8.80. The Bertz CT molecular complexity index is 2530. The Hall–Kier alpha value is -6.63. The molecule has 11 heteroatoms. The van der Waals surface area contributed by atoms with Crippen LogP contribution in [-0.4, -0.2) is 50.2 Å². The van der Waals surface area contributed by atoms with E-state index in [9.17, 15) is 10.2 Å². The minimum atomic E-state index is -1.70. The monoisotopic (exact) mass is 772 g/mol. The molecule has 4 atom stereocenters. The first-order chi connectivity index (χ1) is 28.3. The number of Topliss-reactive ketones (excluding diaryl/α,β-unsaturated/α-hetero) is 1. The van der Waals surface area contributed by atoms with Crippen molar-refractivity contribution in [2.24, 2.45) is 11.5 Å². The van der Waals surface area contributed by atoms with Gasteiger partial charge in [-0.05, 0) is 46.5 Å². The number of nitrogens with two attached hydrogens (primary N) is 2. The number of rotatable bonds is 14. The third kappa shape index (κ3) is 6.12. The van der Waals surface area contributed by atoms with Crippen molar-refractivity contribution in [3.05, 3.63) is 191 Å². The summed E-state index contributed by atoms with van der Waals surface area (Å²) in [5.74, 6) is -2.09. The van der Waals surface area contributed by atoms with Crippen LogP contribution in [0, 0.1) is 0 Å². The molecule has 8 aromatic rings. The number of carbonyl (C=O) groups excluding carboxylic acids is 1. The number of benzene rings is 4. The Morgan fingerprint density at radius 1 is 0.621 bits per heavy atom. The highest BCUT2D eigenvalue weighted by atomic mass is 16.5. The van der Waals surface area contributed by atoms with Crippen LogP contribution in [-0.2, 0) is 29.1 Å². The number of aromatic amines is 2. The second-order valence-electron chi connectivity index (χ2n) is 14.4. The summed E-state index contributed by atoms with van der Waals surface area (Å²) < 4.78 is 12.1.